The summed E-state index contributed by atoms with van der Waals surface area (Å²) in [4.78, 5) is 15.4. The summed E-state index contributed by atoms with van der Waals surface area (Å²) >= 11 is 3.61. The van der Waals surface area contributed by atoms with Crippen molar-refractivity contribution in [1.29, 1.82) is 0 Å². The van der Waals surface area contributed by atoms with Gasteiger partial charge in [-0.3, -0.25) is 4.79 Å². The van der Waals surface area contributed by atoms with Crippen LogP contribution in [0, 0.1) is 0 Å². The Morgan fingerprint density at radius 2 is 1.72 bits per heavy atom. The molecule has 128 valence electrons. The Balaban J connectivity index is 1.70. The van der Waals surface area contributed by atoms with E-state index in [9.17, 15) is 4.79 Å². The number of para-hydroxylation sites is 3. The van der Waals surface area contributed by atoms with E-state index in [0.717, 1.165) is 39.8 Å². The predicted octanol–water partition coefficient (Wildman–Crippen LogP) is 4.79. The molecule has 2 heterocycles. The average Bonchev–Trinajstić information content (AvgIpc) is 3.24. The van der Waals surface area contributed by atoms with Gasteiger partial charge in [-0.1, -0.05) is 30.3 Å². The van der Waals surface area contributed by atoms with Gasteiger partial charge in [0.05, 0.1) is 15.8 Å². The van der Waals surface area contributed by atoms with E-state index < -0.39 is 0 Å². The minimum atomic E-state index is -0.0998. The van der Waals surface area contributed by atoms with E-state index in [0.29, 0.717) is 5.69 Å². The third kappa shape index (κ3) is 2.82. The van der Waals surface area contributed by atoms with Gasteiger partial charge in [-0.25, -0.2) is 0 Å². The maximum Gasteiger partial charge on any atom is 0.273 e. The molecule has 0 aliphatic carbocycles. The summed E-state index contributed by atoms with van der Waals surface area (Å²) in [6.07, 6.45) is 2.41. The maximum absolute atomic E-state index is 13.0. The molecule has 0 atom stereocenters. The van der Waals surface area contributed by atoms with Gasteiger partial charge >= 0.3 is 0 Å². The Morgan fingerprint density at radius 1 is 1.04 bits per heavy atom. The van der Waals surface area contributed by atoms with Crippen LogP contribution in [0.15, 0.2) is 53.0 Å². The van der Waals surface area contributed by atoms with Gasteiger partial charge in [0.25, 0.3) is 5.91 Å². The molecule has 2 aromatic carbocycles. The fraction of sp³-hybridized carbons (Fsp3) is 0.250. The van der Waals surface area contributed by atoms with Gasteiger partial charge in [0.1, 0.15) is 5.69 Å². The number of hydrogen-bond donors (Lipinski definition) is 1. The summed E-state index contributed by atoms with van der Waals surface area (Å²) in [7, 11) is 1.92. The van der Waals surface area contributed by atoms with Crippen molar-refractivity contribution in [1.82, 2.24) is 4.57 Å². The predicted molar refractivity (Wildman–Crippen MR) is 106 cm³/mol. The average molecular weight is 398 g/mol. The second kappa shape index (κ2) is 6.56. The fourth-order valence-corrected chi connectivity index (χ4v) is 4.37. The van der Waals surface area contributed by atoms with Crippen molar-refractivity contribution in [3.63, 3.8) is 0 Å². The van der Waals surface area contributed by atoms with Gasteiger partial charge in [0.15, 0.2) is 0 Å². The fourth-order valence-electron chi connectivity index (χ4n) is 3.59. The minimum absolute atomic E-state index is 0.0998. The number of benzene rings is 2. The SMILES string of the molecule is Cn1c(C(=O)Nc2ccccc2N2CCCC2)c(Br)c2ccccc21. The van der Waals surface area contributed by atoms with Gasteiger partial charge in [-0.15, -0.1) is 0 Å². The van der Waals surface area contributed by atoms with Crippen LogP contribution in [0.3, 0.4) is 0 Å². The Labute approximate surface area is 155 Å². The Hall–Kier alpha value is -2.27. The summed E-state index contributed by atoms with van der Waals surface area (Å²) in [5.41, 5.74) is 3.64. The standard InChI is InChI=1S/C20H20BrN3O/c1-23-16-10-4-2-8-14(16)18(21)19(23)20(25)22-15-9-3-5-11-17(15)24-12-6-7-13-24/h2-5,8-11H,6-7,12-13H2,1H3,(H,22,25). The second-order valence-corrected chi connectivity index (χ2v) is 7.20. The lowest BCUT2D eigenvalue weighted by atomic mass is 10.2. The van der Waals surface area contributed by atoms with Gasteiger partial charge in [-0.2, -0.15) is 0 Å². The van der Waals surface area contributed by atoms with Crippen molar-refractivity contribution in [3.8, 4) is 0 Å². The first-order valence-corrected chi connectivity index (χ1v) is 9.34. The van der Waals surface area contributed by atoms with Crippen molar-refractivity contribution < 1.29 is 4.79 Å². The molecule has 0 spiro atoms. The molecule has 3 aromatic rings. The number of fused-ring (bicyclic) bond motifs is 1. The van der Waals surface area contributed by atoms with E-state index in [4.69, 9.17) is 0 Å². The first-order valence-electron chi connectivity index (χ1n) is 8.55. The number of aromatic nitrogens is 1. The molecular formula is C20H20BrN3O. The molecule has 4 rings (SSSR count). The molecule has 1 N–H and O–H groups in total. The van der Waals surface area contributed by atoms with Crippen LogP contribution in [-0.2, 0) is 7.05 Å². The summed E-state index contributed by atoms with van der Waals surface area (Å²) in [6.45, 7) is 2.09. The lowest BCUT2D eigenvalue weighted by Gasteiger charge is -2.21. The first kappa shape index (κ1) is 16.2. The van der Waals surface area contributed by atoms with Crippen LogP contribution in [0.5, 0.6) is 0 Å². The molecule has 1 fully saturated rings. The summed E-state index contributed by atoms with van der Waals surface area (Å²) in [5, 5.41) is 4.16. The van der Waals surface area contributed by atoms with E-state index in [1.165, 1.54) is 12.8 Å². The molecule has 0 saturated carbocycles. The number of halogens is 1. The van der Waals surface area contributed by atoms with Crippen molar-refractivity contribution >= 4 is 44.1 Å². The molecule has 4 nitrogen and oxygen atoms in total. The first-order chi connectivity index (χ1) is 12.2. The zero-order chi connectivity index (χ0) is 17.4. The molecule has 1 aliphatic heterocycles. The van der Waals surface area contributed by atoms with Crippen LogP contribution in [0.4, 0.5) is 11.4 Å². The molecule has 1 aliphatic rings. The lowest BCUT2D eigenvalue weighted by Crippen LogP contribution is -2.22. The highest BCUT2D eigenvalue weighted by atomic mass is 79.9. The van der Waals surface area contributed by atoms with Crippen molar-refractivity contribution in [2.75, 3.05) is 23.3 Å². The number of rotatable bonds is 3. The van der Waals surface area contributed by atoms with E-state index in [2.05, 4.69) is 32.2 Å². The molecule has 5 heteroatoms. The van der Waals surface area contributed by atoms with Crippen LogP contribution in [0.1, 0.15) is 23.3 Å². The number of carbonyl (C=O) groups excluding carboxylic acids is 1. The van der Waals surface area contributed by atoms with Gasteiger partial charge in [-0.05, 0) is 47.0 Å². The molecule has 1 saturated heterocycles. The number of aryl methyl sites for hydroxylation is 1. The van der Waals surface area contributed by atoms with E-state index >= 15 is 0 Å². The second-order valence-electron chi connectivity index (χ2n) is 6.40. The van der Waals surface area contributed by atoms with Crippen molar-refractivity contribution in [2.24, 2.45) is 7.05 Å². The zero-order valence-corrected chi connectivity index (χ0v) is 15.7. The van der Waals surface area contributed by atoms with Crippen LogP contribution >= 0.6 is 15.9 Å². The molecule has 0 radical (unpaired) electrons. The number of nitrogens with one attached hydrogen (secondary N) is 1. The third-order valence-corrected chi connectivity index (χ3v) is 5.66. The van der Waals surface area contributed by atoms with Crippen LogP contribution < -0.4 is 10.2 Å². The van der Waals surface area contributed by atoms with Gasteiger partial charge in [0, 0.05) is 31.0 Å². The molecule has 1 amide bonds. The number of nitrogens with zero attached hydrogens (tertiary/aromatic N) is 2. The van der Waals surface area contributed by atoms with Crippen LogP contribution in [0.25, 0.3) is 10.9 Å². The highest BCUT2D eigenvalue weighted by Gasteiger charge is 2.21. The van der Waals surface area contributed by atoms with Gasteiger partial charge < -0.3 is 14.8 Å². The van der Waals surface area contributed by atoms with Crippen LogP contribution in [0.2, 0.25) is 0 Å². The van der Waals surface area contributed by atoms with Crippen LogP contribution in [-0.4, -0.2) is 23.6 Å². The van der Waals surface area contributed by atoms with E-state index in [-0.39, 0.29) is 5.91 Å². The third-order valence-electron chi connectivity index (χ3n) is 4.86. The van der Waals surface area contributed by atoms with Crippen molar-refractivity contribution in [3.05, 3.63) is 58.7 Å². The number of anilines is 2. The van der Waals surface area contributed by atoms with Crippen molar-refractivity contribution in [2.45, 2.75) is 12.8 Å². The quantitative estimate of drug-likeness (QED) is 0.689. The van der Waals surface area contributed by atoms with Gasteiger partial charge in [0.2, 0.25) is 0 Å². The Morgan fingerprint density at radius 3 is 2.48 bits per heavy atom. The highest BCUT2D eigenvalue weighted by Crippen LogP contribution is 2.33. The highest BCUT2D eigenvalue weighted by molar-refractivity contribution is 9.10. The van der Waals surface area contributed by atoms with E-state index in [1.807, 2.05) is 54.1 Å². The molecule has 0 unspecified atom stereocenters. The molecule has 0 bridgehead atoms. The number of amides is 1. The van der Waals surface area contributed by atoms with E-state index in [1.54, 1.807) is 0 Å². The summed E-state index contributed by atoms with van der Waals surface area (Å²) in [6, 6.07) is 16.1. The number of hydrogen-bond acceptors (Lipinski definition) is 2. The topological polar surface area (TPSA) is 37.3 Å². The zero-order valence-electron chi connectivity index (χ0n) is 14.1. The summed E-state index contributed by atoms with van der Waals surface area (Å²) < 4.78 is 2.77. The largest absolute Gasteiger partial charge is 0.370 e. The normalized spacial score (nSPS) is 14.2. The molecule has 25 heavy (non-hydrogen) atoms. The summed E-state index contributed by atoms with van der Waals surface area (Å²) in [5.74, 6) is -0.0998. The molecular weight excluding hydrogens is 378 g/mol. The molecule has 1 aromatic heterocycles. The Kier molecular flexibility index (Phi) is 4.25. The maximum atomic E-state index is 13.0. The Bertz CT molecular complexity index is 902. The minimum Gasteiger partial charge on any atom is -0.370 e. The lowest BCUT2D eigenvalue weighted by molar-refractivity contribution is 0.101. The number of carbonyl (C=O) groups is 1. The smallest absolute Gasteiger partial charge is 0.273 e. The monoisotopic (exact) mass is 397 g/mol.